The standard InChI is InChI=1S/C28H29ClN6O4/c1-16-3-2-4-24(32-16)17-5-6-21(23(29)10-17)22-9-18-11-31-28(33-19-12-37-13-19)34-26(18)35(27(22)36)8-7-20-14-39-25(30)15-38-20/h2-6,9-11,19-20,25H,7-8,12-15,30H2,1H3,(H,31,33,34). The fraction of sp³-hybridized carbons (Fsp3) is 0.357. The molecule has 2 unspecified atom stereocenters. The van der Waals surface area contributed by atoms with Gasteiger partial charge in [-0.1, -0.05) is 29.8 Å². The Hall–Kier alpha value is -3.41. The molecule has 2 saturated heterocycles. The summed E-state index contributed by atoms with van der Waals surface area (Å²) in [5, 5.41) is 4.44. The van der Waals surface area contributed by atoms with Crippen LogP contribution in [0, 0.1) is 6.92 Å². The number of benzene rings is 1. The number of pyridine rings is 2. The van der Waals surface area contributed by atoms with Crippen LogP contribution in [0.25, 0.3) is 33.4 Å². The lowest BCUT2D eigenvalue weighted by molar-refractivity contribution is -0.133. The van der Waals surface area contributed by atoms with Gasteiger partial charge < -0.3 is 25.3 Å². The van der Waals surface area contributed by atoms with Gasteiger partial charge in [0, 0.05) is 45.5 Å². The van der Waals surface area contributed by atoms with Crippen molar-refractivity contribution < 1.29 is 14.2 Å². The third-order valence-electron chi connectivity index (χ3n) is 6.91. The Balaban J connectivity index is 1.39. The van der Waals surface area contributed by atoms with Crippen LogP contribution in [-0.4, -0.2) is 64.3 Å². The fourth-order valence-corrected chi connectivity index (χ4v) is 5.01. The molecule has 5 heterocycles. The number of fused-ring (bicyclic) bond motifs is 1. The average Bonchev–Trinajstić information content (AvgIpc) is 2.91. The van der Waals surface area contributed by atoms with Gasteiger partial charge in [0.2, 0.25) is 5.95 Å². The number of nitrogens with one attached hydrogen (secondary N) is 1. The van der Waals surface area contributed by atoms with E-state index in [1.807, 2.05) is 43.3 Å². The van der Waals surface area contributed by atoms with Crippen LogP contribution in [0.2, 0.25) is 5.02 Å². The van der Waals surface area contributed by atoms with Crippen molar-refractivity contribution in [3.8, 4) is 22.4 Å². The van der Waals surface area contributed by atoms with Crippen molar-refractivity contribution in [2.75, 3.05) is 31.7 Å². The third kappa shape index (κ3) is 5.52. The molecule has 0 amide bonds. The van der Waals surface area contributed by atoms with Gasteiger partial charge in [0.15, 0.2) is 0 Å². The maximum atomic E-state index is 14.0. The van der Waals surface area contributed by atoms with Gasteiger partial charge in [-0.15, -0.1) is 0 Å². The molecule has 2 atom stereocenters. The van der Waals surface area contributed by atoms with Gasteiger partial charge in [0.05, 0.1) is 44.3 Å². The van der Waals surface area contributed by atoms with E-state index in [1.54, 1.807) is 16.8 Å². The Kier molecular flexibility index (Phi) is 7.28. The van der Waals surface area contributed by atoms with Crippen LogP contribution >= 0.6 is 11.6 Å². The Morgan fingerprint density at radius 2 is 1.95 bits per heavy atom. The van der Waals surface area contributed by atoms with Crippen molar-refractivity contribution in [3.63, 3.8) is 0 Å². The van der Waals surface area contributed by atoms with Crippen molar-refractivity contribution in [3.05, 3.63) is 69.7 Å². The molecule has 39 heavy (non-hydrogen) atoms. The minimum atomic E-state index is -0.426. The maximum absolute atomic E-state index is 14.0. The van der Waals surface area contributed by atoms with Gasteiger partial charge in [-0.2, -0.15) is 4.98 Å². The fourth-order valence-electron chi connectivity index (χ4n) is 4.73. The lowest BCUT2D eigenvalue weighted by Gasteiger charge is -2.28. The van der Waals surface area contributed by atoms with E-state index in [2.05, 4.69) is 15.3 Å². The Morgan fingerprint density at radius 3 is 2.67 bits per heavy atom. The lowest BCUT2D eigenvalue weighted by atomic mass is 10.0. The second-order valence-corrected chi connectivity index (χ2v) is 10.2. The Bertz CT molecular complexity index is 1570. The molecule has 3 aromatic heterocycles. The molecule has 2 aliphatic heterocycles. The molecule has 0 saturated carbocycles. The first kappa shape index (κ1) is 25.8. The monoisotopic (exact) mass is 548 g/mol. The summed E-state index contributed by atoms with van der Waals surface area (Å²) in [6, 6.07) is 13.4. The molecule has 1 aromatic carbocycles. The molecule has 10 nitrogen and oxygen atoms in total. The summed E-state index contributed by atoms with van der Waals surface area (Å²) < 4.78 is 18.3. The zero-order valence-electron chi connectivity index (χ0n) is 21.5. The first-order chi connectivity index (χ1) is 18.9. The summed E-state index contributed by atoms with van der Waals surface area (Å²) in [6.45, 7) is 4.20. The molecular formula is C28H29ClN6O4. The number of hydrogen-bond donors (Lipinski definition) is 2. The molecule has 4 aromatic rings. The summed E-state index contributed by atoms with van der Waals surface area (Å²) in [5.41, 5.74) is 9.82. The van der Waals surface area contributed by atoms with Crippen molar-refractivity contribution in [2.24, 2.45) is 5.73 Å². The van der Waals surface area contributed by atoms with Gasteiger partial charge in [-0.05, 0) is 37.6 Å². The summed E-state index contributed by atoms with van der Waals surface area (Å²) >= 11 is 6.77. The number of aromatic nitrogens is 4. The Labute approximate surface area is 230 Å². The van der Waals surface area contributed by atoms with Crippen molar-refractivity contribution in [2.45, 2.75) is 38.3 Å². The van der Waals surface area contributed by atoms with Crippen LogP contribution in [0.5, 0.6) is 0 Å². The second-order valence-electron chi connectivity index (χ2n) is 9.84. The average molecular weight is 549 g/mol. The SMILES string of the molecule is Cc1cccc(-c2ccc(-c3cc4cnc(NC5COC5)nc4n(CCC4COC(N)CO4)c3=O)c(Cl)c2)n1. The minimum Gasteiger partial charge on any atom is -0.377 e. The number of rotatable bonds is 7. The van der Waals surface area contributed by atoms with Crippen molar-refractivity contribution in [1.82, 2.24) is 19.5 Å². The summed E-state index contributed by atoms with van der Waals surface area (Å²) in [4.78, 5) is 27.7. The number of hydrogen-bond acceptors (Lipinski definition) is 9. The summed E-state index contributed by atoms with van der Waals surface area (Å²) in [7, 11) is 0. The van der Waals surface area contributed by atoms with Gasteiger partial charge in [0.1, 0.15) is 11.9 Å². The highest BCUT2D eigenvalue weighted by Gasteiger charge is 2.23. The van der Waals surface area contributed by atoms with E-state index in [9.17, 15) is 4.79 Å². The number of nitrogens with zero attached hydrogens (tertiary/aromatic N) is 4. The highest BCUT2D eigenvalue weighted by Crippen LogP contribution is 2.32. The van der Waals surface area contributed by atoms with Crippen LogP contribution in [-0.2, 0) is 20.8 Å². The van der Waals surface area contributed by atoms with E-state index in [4.69, 9.17) is 36.5 Å². The van der Waals surface area contributed by atoms with E-state index in [0.29, 0.717) is 67.1 Å². The molecule has 11 heteroatoms. The molecule has 202 valence electrons. The molecule has 0 aliphatic carbocycles. The van der Waals surface area contributed by atoms with E-state index in [0.717, 1.165) is 22.3 Å². The maximum Gasteiger partial charge on any atom is 0.260 e. The first-order valence-electron chi connectivity index (χ1n) is 12.9. The molecule has 0 radical (unpaired) electrons. The number of halogens is 1. The van der Waals surface area contributed by atoms with Crippen LogP contribution < -0.4 is 16.6 Å². The van der Waals surface area contributed by atoms with Crippen molar-refractivity contribution in [1.29, 1.82) is 0 Å². The number of anilines is 1. The molecule has 0 bridgehead atoms. The van der Waals surface area contributed by atoms with E-state index >= 15 is 0 Å². The highest BCUT2D eigenvalue weighted by atomic mass is 35.5. The predicted molar refractivity (Wildman–Crippen MR) is 149 cm³/mol. The smallest absolute Gasteiger partial charge is 0.260 e. The van der Waals surface area contributed by atoms with Crippen LogP contribution in [0.3, 0.4) is 0 Å². The second kappa shape index (κ2) is 11.0. The molecular weight excluding hydrogens is 520 g/mol. The summed E-state index contributed by atoms with van der Waals surface area (Å²) in [6.07, 6.45) is 1.68. The third-order valence-corrected chi connectivity index (χ3v) is 7.22. The van der Waals surface area contributed by atoms with Crippen LogP contribution in [0.1, 0.15) is 12.1 Å². The molecule has 2 aliphatic rings. The van der Waals surface area contributed by atoms with Gasteiger partial charge in [0.25, 0.3) is 5.56 Å². The number of nitrogens with two attached hydrogens (primary N) is 1. The molecule has 2 fully saturated rings. The highest BCUT2D eigenvalue weighted by molar-refractivity contribution is 6.33. The van der Waals surface area contributed by atoms with E-state index in [-0.39, 0.29) is 17.7 Å². The first-order valence-corrected chi connectivity index (χ1v) is 13.3. The minimum absolute atomic E-state index is 0.152. The van der Waals surface area contributed by atoms with E-state index < -0.39 is 6.23 Å². The zero-order valence-corrected chi connectivity index (χ0v) is 22.2. The summed E-state index contributed by atoms with van der Waals surface area (Å²) in [5.74, 6) is 0.452. The normalized spacial score (nSPS) is 19.7. The lowest BCUT2D eigenvalue weighted by Crippen LogP contribution is -2.41. The molecule has 3 N–H and O–H groups in total. The molecule has 6 rings (SSSR count). The van der Waals surface area contributed by atoms with Crippen molar-refractivity contribution >= 4 is 28.6 Å². The van der Waals surface area contributed by atoms with Gasteiger partial charge in [-0.25, -0.2) is 4.98 Å². The Morgan fingerprint density at radius 1 is 1.08 bits per heavy atom. The topological polar surface area (TPSA) is 126 Å². The van der Waals surface area contributed by atoms with Gasteiger partial charge >= 0.3 is 0 Å². The zero-order chi connectivity index (χ0) is 26.9. The number of aryl methyl sites for hydroxylation is 2. The van der Waals surface area contributed by atoms with Crippen LogP contribution in [0.4, 0.5) is 5.95 Å². The number of ether oxygens (including phenoxy) is 3. The van der Waals surface area contributed by atoms with Gasteiger partial charge in [-0.3, -0.25) is 14.3 Å². The molecule has 0 spiro atoms. The quantitative estimate of drug-likeness (QED) is 0.357. The largest absolute Gasteiger partial charge is 0.377 e. The predicted octanol–water partition coefficient (Wildman–Crippen LogP) is 3.38. The van der Waals surface area contributed by atoms with Crippen LogP contribution in [0.15, 0.2) is 53.5 Å². The van der Waals surface area contributed by atoms with E-state index in [1.165, 1.54) is 0 Å².